The largest absolute Gasteiger partial charge is 0.467 e. The molecular formula is C32H43N3O8. The molecule has 0 radical (unpaired) electrons. The summed E-state index contributed by atoms with van der Waals surface area (Å²) >= 11 is 0. The number of piperazine rings is 1. The van der Waals surface area contributed by atoms with Crippen molar-refractivity contribution in [2.45, 2.75) is 65.3 Å². The molecule has 43 heavy (non-hydrogen) atoms. The number of hydrogen-bond donors (Lipinski definition) is 1. The summed E-state index contributed by atoms with van der Waals surface area (Å²) in [7, 11) is 1.28. The summed E-state index contributed by atoms with van der Waals surface area (Å²) in [6.07, 6.45) is -0.910. The zero-order valence-corrected chi connectivity index (χ0v) is 25.8. The lowest BCUT2D eigenvalue weighted by Crippen LogP contribution is -2.60. The number of rotatable bonds is 10. The van der Waals surface area contributed by atoms with E-state index in [-0.39, 0.29) is 19.7 Å². The highest BCUT2D eigenvalue weighted by molar-refractivity contribution is 5.83. The molecule has 0 saturated carbocycles. The van der Waals surface area contributed by atoms with E-state index in [9.17, 15) is 19.2 Å². The summed E-state index contributed by atoms with van der Waals surface area (Å²) in [6.45, 7) is 10.5. The third kappa shape index (κ3) is 10.3. The summed E-state index contributed by atoms with van der Waals surface area (Å²) in [5, 5.41) is 2.71. The molecule has 2 atom stereocenters. The number of esters is 2. The van der Waals surface area contributed by atoms with Gasteiger partial charge in [0.05, 0.1) is 7.11 Å². The van der Waals surface area contributed by atoms with Gasteiger partial charge in [0, 0.05) is 19.6 Å². The van der Waals surface area contributed by atoms with Gasteiger partial charge in [-0.2, -0.15) is 0 Å². The fourth-order valence-corrected chi connectivity index (χ4v) is 4.64. The maximum absolute atomic E-state index is 13.4. The molecule has 2 aromatic carbocycles. The molecule has 0 aromatic heterocycles. The molecule has 0 spiro atoms. The first-order valence-electron chi connectivity index (χ1n) is 14.3. The number of carbonyl (C=O) groups is 4. The molecule has 11 nitrogen and oxygen atoms in total. The topological polar surface area (TPSA) is 124 Å². The van der Waals surface area contributed by atoms with Gasteiger partial charge in [0.15, 0.2) is 0 Å². The molecule has 0 aliphatic carbocycles. The first-order valence-corrected chi connectivity index (χ1v) is 14.3. The fraction of sp³-hybridized carbons (Fsp3) is 0.500. The normalized spacial score (nSPS) is 16.5. The Kier molecular flexibility index (Phi) is 11.5. The van der Waals surface area contributed by atoms with Crippen molar-refractivity contribution in [2.75, 3.05) is 33.3 Å². The number of carbonyl (C=O) groups excluding carboxylic acids is 4. The predicted octanol–water partition coefficient (Wildman–Crippen LogP) is 4.40. The molecule has 1 aliphatic rings. The Labute approximate surface area is 253 Å². The molecule has 3 rings (SSSR count). The molecule has 11 heteroatoms. The average molecular weight is 598 g/mol. The standard InChI is InChI=1S/C32H43N3O8/c1-31(2,3)43-30(39)35-20-19-34(21-25(35)27(36)40-6)18-17-32(4,5)26(28(37)41-22-23-13-9-7-10-14-23)33-29(38)42-24-15-11-8-12-16-24/h7-16,25-26H,17-22H2,1-6H3,(H,33,38)/t25-,26-/m0/s1. The van der Waals surface area contributed by atoms with E-state index in [1.807, 2.05) is 49.1 Å². The zero-order valence-electron chi connectivity index (χ0n) is 25.8. The van der Waals surface area contributed by atoms with Crippen LogP contribution in [0.4, 0.5) is 9.59 Å². The lowest BCUT2D eigenvalue weighted by Gasteiger charge is -2.41. The van der Waals surface area contributed by atoms with E-state index in [0.29, 0.717) is 25.3 Å². The van der Waals surface area contributed by atoms with Crippen LogP contribution in [0.3, 0.4) is 0 Å². The van der Waals surface area contributed by atoms with Crippen molar-refractivity contribution in [1.82, 2.24) is 15.1 Å². The van der Waals surface area contributed by atoms with Crippen molar-refractivity contribution >= 4 is 24.1 Å². The second kappa shape index (κ2) is 14.9. The molecule has 1 saturated heterocycles. The maximum Gasteiger partial charge on any atom is 0.413 e. The van der Waals surface area contributed by atoms with Crippen LogP contribution >= 0.6 is 0 Å². The van der Waals surface area contributed by atoms with Gasteiger partial charge in [-0.3, -0.25) is 9.80 Å². The van der Waals surface area contributed by atoms with Crippen LogP contribution < -0.4 is 10.1 Å². The van der Waals surface area contributed by atoms with Gasteiger partial charge in [-0.1, -0.05) is 62.4 Å². The van der Waals surface area contributed by atoms with Crippen LogP contribution in [0.5, 0.6) is 5.75 Å². The quantitative estimate of drug-likeness (QED) is 0.314. The number of ether oxygens (including phenoxy) is 4. The molecule has 0 bridgehead atoms. The van der Waals surface area contributed by atoms with Gasteiger partial charge in [-0.25, -0.2) is 19.2 Å². The predicted molar refractivity (Wildman–Crippen MR) is 159 cm³/mol. The number of methoxy groups -OCH3 is 1. The summed E-state index contributed by atoms with van der Waals surface area (Å²) in [5.74, 6) is -0.797. The minimum Gasteiger partial charge on any atom is -0.467 e. The van der Waals surface area contributed by atoms with E-state index >= 15 is 0 Å². The van der Waals surface area contributed by atoms with Crippen molar-refractivity contribution in [3.8, 4) is 5.75 Å². The smallest absolute Gasteiger partial charge is 0.413 e. The minimum atomic E-state index is -1.04. The lowest BCUT2D eigenvalue weighted by atomic mass is 9.80. The molecule has 1 fully saturated rings. The Balaban J connectivity index is 1.70. The third-order valence-electron chi connectivity index (χ3n) is 7.10. The summed E-state index contributed by atoms with van der Waals surface area (Å²) in [5.41, 5.74) is -0.680. The molecule has 1 heterocycles. The zero-order chi connectivity index (χ0) is 31.6. The van der Waals surface area contributed by atoms with Gasteiger partial charge in [-0.05, 0) is 56.8 Å². The molecule has 1 N–H and O–H groups in total. The second-order valence-corrected chi connectivity index (χ2v) is 12.1. The van der Waals surface area contributed by atoms with Crippen LogP contribution in [0, 0.1) is 5.41 Å². The van der Waals surface area contributed by atoms with Crippen molar-refractivity contribution in [2.24, 2.45) is 5.41 Å². The number of hydrogen-bond acceptors (Lipinski definition) is 9. The Morgan fingerprint density at radius 3 is 2.16 bits per heavy atom. The van der Waals surface area contributed by atoms with Crippen molar-refractivity contribution in [3.05, 3.63) is 66.2 Å². The van der Waals surface area contributed by atoms with Crippen LogP contribution in [-0.4, -0.2) is 84.9 Å². The van der Waals surface area contributed by atoms with Gasteiger partial charge < -0.3 is 24.3 Å². The first-order chi connectivity index (χ1) is 20.3. The molecule has 2 amide bonds. The molecule has 234 valence electrons. The molecule has 1 aliphatic heterocycles. The van der Waals surface area contributed by atoms with Crippen LogP contribution in [0.25, 0.3) is 0 Å². The fourth-order valence-electron chi connectivity index (χ4n) is 4.64. The highest BCUT2D eigenvalue weighted by Gasteiger charge is 2.41. The van der Waals surface area contributed by atoms with E-state index in [4.69, 9.17) is 18.9 Å². The number of amides is 2. The van der Waals surface area contributed by atoms with Crippen LogP contribution in [0.15, 0.2) is 60.7 Å². The molecule has 2 aromatic rings. The number of nitrogens with zero attached hydrogens (tertiary/aromatic N) is 2. The monoisotopic (exact) mass is 597 g/mol. The Hall–Kier alpha value is -4.12. The van der Waals surface area contributed by atoms with Crippen LogP contribution in [0.1, 0.15) is 46.6 Å². The SMILES string of the molecule is COC(=O)[C@@H]1CN(CCC(C)(C)[C@@H](NC(=O)Oc2ccccc2)C(=O)OCc2ccccc2)CCN1C(=O)OC(C)(C)C. The lowest BCUT2D eigenvalue weighted by molar-refractivity contribution is -0.150. The Morgan fingerprint density at radius 2 is 1.56 bits per heavy atom. The van der Waals surface area contributed by atoms with E-state index in [2.05, 4.69) is 5.32 Å². The highest BCUT2D eigenvalue weighted by Crippen LogP contribution is 2.28. The highest BCUT2D eigenvalue weighted by atomic mass is 16.6. The summed E-state index contributed by atoms with van der Waals surface area (Å²) in [4.78, 5) is 55.1. The first kappa shape index (κ1) is 33.4. The average Bonchev–Trinajstić information content (AvgIpc) is 2.97. The van der Waals surface area contributed by atoms with E-state index in [1.54, 1.807) is 51.1 Å². The number of nitrogens with one attached hydrogen (secondary N) is 1. The Bertz CT molecular complexity index is 1230. The van der Waals surface area contributed by atoms with Gasteiger partial charge in [0.2, 0.25) is 0 Å². The van der Waals surface area contributed by atoms with Crippen LogP contribution in [0.2, 0.25) is 0 Å². The van der Waals surface area contributed by atoms with E-state index < -0.39 is 47.2 Å². The van der Waals surface area contributed by atoms with Crippen molar-refractivity contribution in [3.63, 3.8) is 0 Å². The van der Waals surface area contributed by atoms with Gasteiger partial charge >= 0.3 is 24.1 Å². The number of benzene rings is 2. The van der Waals surface area contributed by atoms with Crippen molar-refractivity contribution in [1.29, 1.82) is 0 Å². The van der Waals surface area contributed by atoms with E-state index in [1.165, 1.54) is 12.0 Å². The third-order valence-corrected chi connectivity index (χ3v) is 7.10. The summed E-state index contributed by atoms with van der Waals surface area (Å²) in [6, 6.07) is 15.9. The molecular weight excluding hydrogens is 554 g/mol. The van der Waals surface area contributed by atoms with Gasteiger partial charge in [0.25, 0.3) is 0 Å². The number of para-hydroxylation sites is 1. The molecule has 0 unspecified atom stereocenters. The maximum atomic E-state index is 13.4. The van der Waals surface area contributed by atoms with Crippen molar-refractivity contribution < 1.29 is 38.1 Å². The van der Waals surface area contributed by atoms with Gasteiger partial charge in [-0.15, -0.1) is 0 Å². The van der Waals surface area contributed by atoms with E-state index in [0.717, 1.165) is 5.56 Å². The second-order valence-electron chi connectivity index (χ2n) is 12.1. The van der Waals surface area contributed by atoms with Crippen LogP contribution in [-0.2, 0) is 30.4 Å². The Morgan fingerprint density at radius 1 is 0.930 bits per heavy atom. The summed E-state index contributed by atoms with van der Waals surface area (Å²) < 4.78 is 21.5. The van der Waals surface area contributed by atoms with Gasteiger partial charge in [0.1, 0.15) is 30.0 Å². The minimum absolute atomic E-state index is 0.0507.